The third-order valence-corrected chi connectivity index (χ3v) is 6.28. The minimum atomic E-state index is -0.960. The van der Waals surface area contributed by atoms with Crippen LogP contribution >= 0.6 is 0 Å². The van der Waals surface area contributed by atoms with Gasteiger partial charge in [0.2, 0.25) is 11.8 Å². The standard InChI is InChI=1S/C21H26N4O5/c1-30-16-9-12(5-6-14(16)22)23-10-11-3-2-4-13-18(11)21(29)25(20(13)28)15-7-8-17(26)24-19(15)27/h2-4,12,14-16,23H,5-10,22H2,1H3,(H,24,26,27). The van der Waals surface area contributed by atoms with E-state index in [1.807, 2.05) is 6.07 Å². The second-order valence-corrected chi connectivity index (χ2v) is 8.12. The molecule has 4 atom stereocenters. The number of piperidine rings is 1. The Morgan fingerprint density at radius 3 is 2.70 bits per heavy atom. The maximum Gasteiger partial charge on any atom is 0.262 e. The molecule has 30 heavy (non-hydrogen) atoms. The highest BCUT2D eigenvalue weighted by atomic mass is 16.5. The summed E-state index contributed by atoms with van der Waals surface area (Å²) in [6, 6.07) is 4.42. The summed E-state index contributed by atoms with van der Waals surface area (Å²) in [6.45, 7) is 0.418. The van der Waals surface area contributed by atoms with Crippen molar-refractivity contribution in [1.82, 2.24) is 15.5 Å². The van der Waals surface area contributed by atoms with E-state index in [1.54, 1.807) is 19.2 Å². The van der Waals surface area contributed by atoms with Crippen LogP contribution in [0, 0.1) is 0 Å². The third kappa shape index (κ3) is 3.64. The Morgan fingerprint density at radius 1 is 1.17 bits per heavy atom. The summed E-state index contributed by atoms with van der Waals surface area (Å²) in [5, 5.41) is 5.67. The highest BCUT2D eigenvalue weighted by molar-refractivity contribution is 6.24. The Kier molecular flexibility index (Phi) is 5.68. The predicted molar refractivity (Wildman–Crippen MR) is 106 cm³/mol. The van der Waals surface area contributed by atoms with E-state index >= 15 is 0 Å². The predicted octanol–water partition coefficient (Wildman–Crippen LogP) is 0.0722. The zero-order chi connectivity index (χ0) is 21.4. The van der Waals surface area contributed by atoms with Gasteiger partial charge < -0.3 is 15.8 Å². The first-order valence-electron chi connectivity index (χ1n) is 10.3. The highest BCUT2D eigenvalue weighted by Gasteiger charge is 2.45. The number of rotatable bonds is 5. The molecular weight excluding hydrogens is 388 g/mol. The van der Waals surface area contributed by atoms with Crippen molar-refractivity contribution < 1.29 is 23.9 Å². The molecule has 2 heterocycles. The summed E-state index contributed by atoms with van der Waals surface area (Å²) in [7, 11) is 1.66. The summed E-state index contributed by atoms with van der Waals surface area (Å²) < 4.78 is 5.46. The molecule has 0 bridgehead atoms. The monoisotopic (exact) mass is 414 g/mol. The van der Waals surface area contributed by atoms with E-state index in [2.05, 4.69) is 10.6 Å². The van der Waals surface area contributed by atoms with Crippen molar-refractivity contribution in [3.63, 3.8) is 0 Å². The van der Waals surface area contributed by atoms with Crippen molar-refractivity contribution in [2.75, 3.05) is 7.11 Å². The van der Waals surface area contributed by atoms with E-state index < -0.39 is 23.8 Å². The van der Waals surface area contributed by atoms with Crippen molar-refractivity contribution in [1.29, 1.82) is 0 Å². The lowest BCUT2D eigenvalue weighted by atomic mass is 9.89. The second-order valence-electron chi connectivity index (χ2n) is 8.12. The van der Waals surface area contributed by atoms with Crippen LogP contribution in [0.25, 0.3) is 0 Å². The summed E-state index contributed by atoms with van der Waals surface area (Å²) in [4.78, 5) is 50.7. The van der Waals surface area contributed by atoms with Crippen LogP contribution in [0.15, 0.2) is 18.2 Å². The number of nitrogens with zero attached hydrogens (tertiary/aromatic N) is 1. The molecule has 1 aromatic rings. The molecule has 0 radical (unpaired) electrons. The molecule has 1 aliphatic carbocycles. The first-order valence-corrected chi connectivity index (χ1v) is 10.3. The summed E-state index contributed by atoms with van der Waals surface area (Å²) in [6.07, 6.45) is 2.77. The summed E-state index contributed by atoms with van der Waals surface area (Å²) >= 11 is 0. The van der Waals surface area contributed by atoms with Crippen LogP contribution < -0.4 is 16.4 Å². The summed E-state index contributed by atoms with van der Waals surface area (Å²) in [5.41, 5.74) is 7.42. The topological polar surface area (TPSA) is 131 Å². The van der Waals surface area contributed by atoms with Gasteiger partial charge >= 0.3 is 0 Å². The van der Waals surface area contributed by atoms with Crippen LogP contribution in [-0.4, -0.2) is 59.9 Å². The quantitative estimate of drug-likeness (QED) is 0.581. The third-order valence-electron chi connectivity index (χ3n) is 6.28. The van der Waals surface area contributed by atoms with E-state index in [0.717, 1.165) is 24.2 Å². The molecule has 1 saturated heterocycles. The van der Waals surface area contributed by atoms with Crippen molar-refractivity contribution in [2.24, 2.45) is 5.73 Å². The number of imide groups is 2. The molecule has 4 N–H and O–H groups in total. The summed E-state index contributed by atoms with van der Waals surface area (Å²) in [5.74, 6) is -1.97. The molecule has 9 nitrogen and oxygen atoms in total. The van der Waals surface area contributed by atoms with E-state index in [9.17, 15) is 19.2 Å². The van der Waals surface area contributed by atoms with E-state index in [0.29, 0.717) is 23.2 Å². The Morgan fingerprint density at radius 2 is 1.97 bits per heavy atom. The zero-order valence-corrected chi connectivity index (χ0v) is 16.8. The molecule has 160 valence electrons. The molecule has 4 unspecified atom stereocenters. The normalized spacial score (nSPS) is 29.2. The molecule has 1 saturated carbocycles. The number of nitrogens with two attached hydrogens (primary N) is 1. The van der Waals surface area contributed by atoms with E-state index in [1.165, 1.54) is 0 Å². The van der Waals surface area contributed by atoms with Crippen molar-refractivity contribution in [2.45, 2.75) is 62.9 Å². The highest BCUT2D eigenvalue weighted by Crippen LogP contribution is 2.30. The van der Waals surface area contributed by atoms with Crippen LogP contribution in [-0.2, 0) is 20.9 Å². The number of methoxy groups -OCH3 is 1. The van der Waals surface area contributed by atoms with Gasteiger partial charge in [-0.15, -0.1) is 0 Å². The van der Waals surface area contributed by atoms with Crippen LogP contribution in [0.2, 0.25) is 0 Å². The minimum Gasteiger partial charge on any atom is -0.380 e. The lowest BCUT2D eigenvalue weighted by Gasteiger charge is -2.33. The molecule has 0 spiro atoms. The Balaban J connectivity index is 1.51. The Labute approximate surface area is 174 Å². The second kappa shape index (κ2) is 8.25. The van der Waals surface area contributed by atoms with E-state index in [4.69, 9.17) is 10.5 Å². The average Bonchev–Trinajstić information content (AvgIpc) is 2.98. The van der Waals surface area contributed by atoms with Gasteiger partial charge in [0.05, 0.1) is 17.2 Å². The number of ether oxygens (including phenoxy) is 1. The van der Waals surface area contributed by atoms with E-state index in [-0.39, 0.29) is 36.9 Å². The van der Waals surface area contributed by atoms with Gasteiger partial charge in [-0.05, 0) is 37.3 Å². The number of hydrogen-bond acceptors (Lipinski definition) is 7. The molecule has 0 aromatic heterocycles. The molecule has 4 amide bonds. The van der Waals surface area contributed by atoms with Gasteiger partial charge in [-0.3, -0.25) is 29.4 Å². The molecule has 9 heteroatoms. The number of benzene rings is 1. The smallest absolute Gasteiger partial charge is 0.262 e. The fourth-order valence-electron chi connectivity index (χ4n) is 4.60. The number of nitrogens with one attached hydrogen (secondary N) is 2. The molecule has 3 aliphatic rings. The van der Waals surface area contributed by atoms with Gasteiger partial charge in [0.1, 0.15) is 6.04 Å². The SMILES string of the molecule is COC1CC(NCc2cccc3c2C(=O)N(C2CCC(=O)NC2=O)C3=O)CCC1N. The molecule has 2 aliphatic heterocycles. The first-order chi connectivity index (χ1) is 14.4. The molecule has 1 aromatic carbocycles. The molecular formula is C21H26N4O5. The number of hydrogen-bond donors (Lipinski definition) is 3. The first kappa shape index (κ1) is 20.6. The van der Waals surface area contributed by atoms with Gasteiger partial charge in [0.25, 0.3) is 11.8 Å². The van der Waals surface area contributed by atoms with Crippen LogP contribution in [0.3, 0.4) is 0 Å². The fourth-order valence-corrected chi connectivity index (χ4v) is 4.60. The zero-order valence-electron chi connectivity index (χ0n) is 16.8. The van der Waals surface area contributed by atoms with Gasteiger partial charge in [0, 0.05) is 32.2 Å². The average molecular weight is 414 g/mol. The Hall–Kier alpha value is -2.62. The largest absolute Gasteiger partial charge is 0.380 e. The van der Waals surface area contributed by atoms with Crippen LogP contribution in [0.4, 0.5) is 0 Å². The lowest BCUT2D eigenvalue weighted by Crippen LogP contribution is -2.54. The van der Waals surface area contributed by atoms with Gasteiger partial charge in [-0.1, -0.05) is 12.1 Å². The molecule has 2 fully saturated rings. The number of fused-ring (bicyclic) bond motifs is 1. The van der Waals surface area contributed by atoms with Gasteiger partial charge in [0.15, 0.2) is 0 Å². The number of amides is 4. The number of carbonyl (C=O) groups is 4. The van der Waals surface area contributed by atoms with Crippen molar-refractivity contribution >= 4 is 23.6 Å². The van der Waals surface area contributed by atoms with Crippen molar-refractivity contribution in [3.8, 4) is 0 Å². The maximum atomic E-state index is 13.1. The van der Waals surface area contributed by atoms with Gasteiger partial charge in [-0.2, -0.15) is 0 Å². The van der Waals surface area contributed by atoms with Crippen molar-refractivity contribution in [3.05, 3.63) is 34.9 Å². The van der Waals surface area contributed by atoms with Crippen LogP contribution in [0.5, 0.6) is 0 Å². The lowest BCUT2D eigenvalue weighted by molar-refractivity contribution is -0.136. The van der Waals surface area contributed by atoms with Crippen LogP contribution in [0.1, 0.15) is 58.4 Å². The fraction of sp³-hybridized carbons (Fsp3) is 0.524. The van der Waals surface area contributed by atoms with Gasteiger partial charge in [-0.25, -0.2) is 0 Å². The Bertz CT molecular complexity index is 901. The number of carbonyl (C=O) groups excluding carboxylic acids is 4. The molecule has 4 rings (SSSR count). The maximum absolute atomic E-state index is 13.1. The minimum absolute atomic E-state index is 0.0102.